The van der Waals surface area contributed by atoms with Crippen LogP contribution in [0.1, 0.15) is 106 Å². The molecular weight excluding hydrogens is 494 g/mol. The minimum absolute atomic E-state index is 0.127. The fourth-order valence-corrected chi connectivity index (χ4v) is 9.06. The second kappa shape index (κ2) is 8.07. The Morgan fingerprint density at radius 3 is 1.12 bits per heavy atom. The van der Waals surface area contributed by atoms with Gasteiger partial charge in [-0.25, -0.2) is 0 Å². The summed E-state index contributed by atoms with van der Waals surface area (Å²) in [5, 5.41) is 0. The highest BCUT2D eigenvalue weighted by Gasteiger charge is 2.66. The third-order valence-corrected chi connectivity index (χ3v) is 12.2. The summed E-state index contributed by atoms with van der Waals surface area (Å²) in [6.07, 6.45) is 4.93. The Labute approximate surface area is 242 Å². The van der Waals surface area contributed by atoms with Gasteiger partial charge in [-0.2, -0.15) is 0 Å². The molecule has 40 heavy (non-hydrogen) atoms. The smallest absolute Gasteiger partial charge is 0.399 e. The molecule has 5 aliphatic rings. The first-order valence-corrected chi connectivity index (χ1v) is 15.5. The fraction of sp³-hybridized carbons (Fsp3) is 0.647. The van der Waals surface area contributed by atoms with Gasteiger partial charge >= 0.3 is 14.2 Å². The van der Waals surface area contributed by atoms with Crippen molar-refractivity contribution in [3.8, 4) is 11.1 Å². The van der Waals surface area contributed by atoms with Gasteiger partial charge in [-0.1, -0.05) is 50.2 Å². The maximum atomic E-state index is 6.53. The molecule has 2 aliphatic heterocycles. The lowest BCUT2D eigenvalue weighted by Gasteiger charge is -2.48. The quantitative estimate of drug-likeness (QED) is 0.419. The molecule has 0 unspecified atom stereocenters. The van der Waals surface area contributed by atoms with Crippen LogP contribution in [0.5, 0.6) is 0 Å². The number of hydrogen-bond donors (Lipinski definition) is 0. The average Bonchev–Trinajstić information content (AvgIpc) is 3.44. The van der Waals surface area contributed by atoms with Crippen molar-refractivity contribution >= 4 is 25.2 Å². The molecule has 2 aromatic rings. The van der Waals surface area contributed by atoms with Gasteiger partial charge in [0.05, 0.1) is 22.4 Å². The molecule has 4 nitrogen and oxygen atoms in total. The van der Waals surface area contributed by atoms with Gasteiger partial charge in [0.25, 0.3) is 0 Å². The first-order chi connectivity index (χ1) is 18.5. The van der Waals surface area contributed by atoms with Crippen molar-refractivity contribution in [2.75, 3.05) is 0 Å². The van der Waals surface area contributed by atoms with E-state index in [2.05, 4.69) is 106 Å². The third-order valence-electron chi connectivity index (χ3n) is 12.2. The molecule has 212 valence electrons. The van der Waals surface area contributed by atoms with Crippen molar-refractivity contribution in [3.63, 3.8) is 0 Å². The molecule has 0 aromatic heterocycles. The molecule has 6 heteroatoms. The van der Waals surface area contributed by atoms with Crippen molar-refractivity contribution in [1.29, 1.82) is 0 Å². The van der Waals surface area contributed by atoms with Gasteiger partial charge in [-0.15, -0.1) is 0 Å². The lowest BCUT2D eigenvalue weighted by molar-refractivity contribution is 0.00578. The molecule has 0 bridgehead atoms. The van der Waals surface area contributed by atoms with E-state index < -0.39 is 0 Å². The lowest BCUT2D eigenvalue weighted by atomic mass is 9.54. The van der Waals surface area contributed by atoms with E-state index in [0.717, 1.165) is 10.9 Å². The number of benzene rings is 2. The Morgan fingerprint density at radius 1 is 0.525 bits per heavy atom. The van der Waals surface area contributed by atoms with E-state index >= 15 is 0 Å². The number of hydrogen-bond acceptors (Lipinski definition) is 4. The summed E-state index contributed by atoms with van der Waals surface area (Å²) in [5.41, 5.74) is 6.95. The van der Waals surface area contributed by atoms with Crippen molar-refractivity contribution in [3.05, 3.63) is 47.5 Å². The van der Waals surface area contributed by atoms with Crippen molar-refractivity contribution in [2.45, 2.75) is 128 Å². The van der Waals surface area contributed by atoms with Crippen molar-refractivity contribution in [1.82, 2.24) is 0 Å². The van der Waals surface area contributed by atoms with Gasteiger partial charge < -0.3 is 18.6 Å². The normalized spacial score (nSPS) is 35.9. The zero-order valence-corrected chi connectivity index (χ0v) is 26.2. The molecule has 7 rings (SSSR count). The minimum atomic E-state index is -0.351. The minimum Gasteiger partial charge on any atom is -0.399 e. The number of fused-ring (bicyclic) bond motifs is 3. The summed E-state index contributed by atoms with van der Waals surface area (Å²) in [7, 11) is -0.684. The molecule has 3 aliphatic carbocycles. The molecule has 0 atom stereocenters. The predicted molar refractivity (Wildman–Crippen MR) is 163 cm³/mol. The van der Waals surface area contributed by atoms with E-state index in [4.69, 9.17) is 18.6 Å². The zero-order valence-electron chi connectivity index (χ0n) is 26.2. The average molecular weight is 540 g/mol. The maximum Gasteiger partial charge on any atom is 0.494 e. The summed E-state index contributed by atoms with van der Waals surface area (Å²) in [4.78, 5) is 0. The van der Waals surface area contributed by atoms with E-state index in [9.17, 15) is 0 Å². The van der Waals surface area contributed by atoms with Crippen molar-refractivity contribution in [2.24, 2.45) is 11.8 Å². The van der Waals surface area contributed by atoms with Crippen LogP contribution in [0, 0.1) is 11.8 Å². The van der Waals surface area contributed by atoms with Crippen LogP contribution in [-0.2, 0) is 29.4 Å². The monoisotopic (exact) mass is 540 g/mol. The topological polar surface area (TPSA) is 36.9 Å². The van der Waals surface area contributed by atoms with Crippen LogP contribution in [0.4, 0.5) is 0 Å². The van der Waals surface area contributed by atoms with Crippen LogP contribution in [-0.4, -0.2) is 36.6 Å². The predicted octanol–water partition coefficient (Wildman–Crippen LogP) is 6.30. The molecule has 0 radical (unpaired) electrons. The van der Waals surface area contributed by atoms with Crippen LogP contribution in [0.15, 0.2) is 36.4 Å². The Bertz CT molecular complexity index is 1240. The molecule has 0 amide bonds. The molecule has 2 heterocycles. The first-order valence-electron chi connectivity index (χ1n) is 15.5. The van der Waals surface area contributed by atoms with E-state index in [1.54, 1.807) is 0 Å². The van der Waals surface area contributed by atoms with Crippen LogP contribution < -0.4 is 10.9 Å². The van der Waals surface area contributed by atoms with Crippen LogP contribution in [0.3, 0.4) is 0 Å². The summed E-state index contributed by atoms with van der Waals surface area (Å²) in [6.45, 7) is 22.0. The Balaban J connectivity index is 1.39. The lowest BCUT2D eigenvalue weighted by Crippen LogP contribution is -2.46. The molecule has 4 fully saturated rings. The highest BCUT2D eigenvalue weighted by molar-refractivity contribution is 6.62. The standard InChI is InChI=1S/C34H46B2O4/c1-21-17-33-19-22(2)20-34(33,18-21)28-16-24(36-39-31(7,8)32(9,10)40-36)12-14-26(28)25-13-11-23(15-27(25)33)35-37-29(3,4)30(5,6)38-35/h11-16,21-22H,17-20H2,1-10H3/t21?,22?,33-,34+. The van der Waals surface area contributed by atoms with Crippen LogP contribution >= 0.6 is 0 Å². The van der Waals surface area contributed by atoms with E-state index in [1.165, 1.54) is 47.9 Å². The molecule has 2 saturated heterocycles. The second-order valence-corrected chi connectivity index (χ2v) is 16.0. The van der Waals surface area contributed by atoms with Crippen LogP contribution in [0.25, 0.3) is 11.1 Å². The highest BCUT2D eigenvalue weighted by Crippen LogP contribution is 2.71. The van der Waals surface area contributed by atoms with Crippen LogP contribution in [0.2, 0.25) is 0 Å². The zero-order chi connectivity index (χ0) is 28.7. The van der Waals surface area contributed by atoms with Gasteiger partial charge in [0.2, 0.25) is 0 Å². The SMILES string of the molecule is CC1C[C@]23CC(C)C[C@@]2(C1)c1cc(B2OC(C)(C)C(C)(C)O2)ccc1-c1ccc(B2OC(C)(C)C(C)(C)O2)cc13. The Hall–Kier alpha value is -1.59. The highest BCUT2D eigenvalue weighted by atomic mass is 16.7. The molecule has 0 spiro atoms. The fourth-order valence-electron chi connectivity index (χ4n) is 9.06. The van der Waals surface area contributed by atoms with E-state index in [-0.39, 0.29) is 47.5 Å². The summed E-state index contributed by atoms with van der Waals surface area (Å²) in [6, 6.07) is 14.1. The molecule has 0 N–H and O–H groups in total. The molecule has 2 aromatic carbocycles. The second-order valence-electron chi connectivity index (χ2n) is 16.0. The van der Waals surface area contributed by atoms with E-state index in [1.807, 2.05) is 0 Å². The van der Waals surface area contributed by atoms with Gasteiger partial charge in [0, 0.05) is 10.8 Å². The van der Waals surface area contributed by atoms with Gasteiger partial charge in [-0.05, 0) is 126 Å². The van der Waals surface area contributed by atoms with Gasteiger partial charge in [-0.3, -0.25) is 0 Å². The third kappa shape index (κ3) is 3.43. The number of rotatable bonds is 2. The molecule has 2 saturated carbocycles. The molecular formula is C34H46B2O4. The summed E-state index contributed by atoms with van der Waals surface area (Å²) >= 11 is 0. The summed E-state index contributed by atoms with van der Waals surface area (Å²) in [5.74, 6) is 1.35. The Morgan fingerprint density at radius 2 is 0.825 bits per heavy atom. The van der Waals surface area contributed by atoms with Crippen molar-refractivity contribution < 1.29 is 18.6 Å². The first kappa shape index (κ1) is 27.3. The van der Waals surface area contributed by atoms with Gasteiger partial charge in [0.15, 0.2) is 0 Å². The van der Waals surface area contributed by atoms with Gasteiger partial charge in [0.1, 0.15) is 0 Å². The maximum absolute atomic E-state index is 6.53. The summed E-state index contributed by atoms with van der Waals surface area (Å²) < 4.78 is 26.1. The largest absolute Gasteiger partial charge is 0.494 e. The van der Waals surface area contributed by atoms with E-state index in [0.29, 0.717) is 11.8 Å². The Kier molecular flexibility index (Phi) is 5.50.